The fraction of sp³-hybridized carbons (Fsp3) is 0.286. The van der Waals surface area contributed by atoms with Crippen LogP contribution in [0.2, 0.25) is 5.02 Å². The van der Waals surface area contributed by atoms with E-state index in [1.54, 1.807) is 36.4 Å². The maximum absolute atomic E-state index is 13.8. The molecule has 2 heterocycles. The van der Waals surface area contributed by atoms with Gasteiger partial charge >= 0.3 is 5.97 Å². The van der Waals surface area contributed by atoms with Crippen LogP contribution in [0.4, 0.5) is 0 Å². The highest BCUT2D eigenvalue weighted by Crippen LogP contribution is 2.37. The lowest BCUT2D eigenvalue weighted by molar-refractivity contribution is -0.136. The number of rotatable bonds is 10. The van der Waals surface area contributed by atoms with Gasteiger partial charge in [0, 0.05) is 6.20 Å². The third-order valence-electron chi connectivity index (χ3n) is 5.84. The first-order valence-corrected chi connectivity index (χ1v) is 13.4. The Labute approximate surface area is 238 Å². The maximum atomic E-state index is 13.8. The Morgan fingerprint density at radius 3 is 2.55 bits per heavy atom. The van der Waals surface area contributed by atoms with Gasteiger partial charge in [-0.1, -0.05) is 29.0 Å². The smallest absolute Gasteiger partial charge is 0.337 e. The highest BCUT2D eigenvalue weighted by molar-refractivity contribution is 7.07. The second kappa shape index (κ2) is 12.7. The number of aromatic nitrogens is 1. The zero-order valence-corrected chi connectivity index (χ0v) is 23.8. The van der Waals surface area contributed by atoms with Crippen molar-refractivity contribution in [2.24, 2.45) is 4.99 Å². The van der Waals surface area contributed by atoms with E-state index in [1.807, 2.05) is 19.9 Å². The van der Waals surface area contributed by atoms with Crippen molar-refractivity contribution in [1.29, 1.82) is 5.26 Å². The van der Waals surface area contributed by atoms with Crippen molar-refractivity contribution in [3.63, 3.8) is 0 Å². The molecule has 3 aromatic rings. The molecule has 0 unspecified atom stereocenters. The van der Waals surface area contributed by atoms with Gasteiger partial charge in [-0.3, -0.25) is 9.36 Å². The molecular formula is C28H26ClN3O7S. The standard InChI is InChI=1S/C28H26ClN3O7S/c1-5-37-20-8-7-17(14-21(20)38-6-2)24-18(27(34)36-4)15-31-28-32(24)26(33)23(40-28)13-16-11-19(29)25(39-10-9-30)22(12-16)35-3/h7-8,11-15,24H,5-6,10H2,1-4H3/b23-13-/t24-/m1/s1. The second-order valence-electron chi connectivity index (χ2n) is 8.23. The fourth-order valence-corrected chi connectivity index (χ4v) is 5.45. The van der Waals surface area contributed by atoms with Crippen molar-refractivity contribution in [3.8, 4) is 29.1 Å². The summed E-state index contributed by atoms with van der Waals surface area (Å²) in [6.07, 6.45) is 3.07. The number of halogens is 1. The van der Waals surface area contributed by atoms with Crippen molar-refractivity contribution in [2.45, 2.75) is 19.9 Å². The molecule has 0 saturated carbocycles. The first-order chi connectivity index (χ1) is 19.4. The highest BCUT2D eigenvalue weighted by atomic mass is 35.5. The van der Waals surface area contributed by atoms with E-state index < -0.39 is 12.0 Å². The Morgan fingerprint density at radius 1 is 1.12 bits per heavy atom. The molecule has 0 amide bonds. The van der Waals surface area contributed by atoms with Crippen LogP contribution in [0.15, 0.2) is 51.9 Å². The van der Waals surface area contributed by atoms with Crippen LogP contribution in [0.3, 0.4) is 0 Å². The summed E-state index contributed by atoms with van der Waals surface area (Å²) in [5.74, 6) is 0.972. The summed E-state index contributed by atoms with van der Waals surface area (Å²) in [4.78, 5) is 31.4. The molecule has 0 aliphatic carbocycles. The minimum absolute atomic E-state index is 0.191. The van der Waals surface area contributed by atoms with E-state index in [0.29, 0.717) is 50.9 Å². The van der Waals surface area contributed by atoms with Crippen LogP contribution < -0.4 is 33.8 Å². The second-order valence-corrected chi connectivity index (χ2v) is 9.65. The molecule has 208 valence electrons. The number of ether oxygens (including phenoxy) is 5. The predicted octanol–water partition coefficient (Wildman–Crippen LogP) is 3.38. The van der Waals surface area contributed by atoms with Gasteiger partial charge in [-0.2, -0.15) is 5.26 Å². The van der Waals surface area contributed by atoms with Crippen LogP contribution in [0.25, 0.3) is 6.08 Å². The minimum Gasteiger partial charge on any atom is -0.493 e. The number of thiazole rings is 1. The SMILES string of the molecule is CCOc1ccc([C@@H]2C(C(=O)OC)=CN=c3s/c(=C\c4cc(Cl)c(OCC#N)c(OC)c4)c(=O)n32)cc1OCC. The molecule has 1 aliphatic rings. The van der Waals surface area contributed by atoms with E-state index in [4.69, 9.17) is 40.5 Å². The largest absolute Gasteiger partial charge is 0.493 e. The van der Waals surface area contributed by atoms with Crippen molar-refractivity contribution in [2.75, 3.05) is 34.0 Å². The van der Waals surface area contributed by atoms with Crippen LogP contribution >= 0.6 is 22.9 Å². The number of fused-ring (bicyclic) bond motifs is 1. The Bertz CT molecular complexity index is 1690. The van der Waals surface area contributed by atoms with Crippen LogP contribution in [0.1, 0.15) is 31.0 Å². The average Bonchev–Trinajstić information content (AvgIpc) is 3.27. The van der Waals surface area contributed by atoms with Crippen molar-refractivity contribution in [3.05, 3.63) is 77.9 Å². The number of benzene rings is 2. The molecule has 0 N–H and O–H groups in total. The summed E-state index contributed by atoms with van der Waals surface area (Å²) in [6.45, 7) is 4.37. The molecule has 4 rings (SSSR count). The van der Waals surface area contributed by atoms with E-state index in [-0.39, 0.29) is 28.5 Å². The molecule has 0 bridgehead atoms. The van der Waals surface area contributed by atoms with E-state index in [9.17, 15) is 9.59 Å². The first-order valence-electron chi connectivity index (χ1n) is 12.2. The molecule has 0 fully saturated rings. The van der Waals surface area contributed by atoms with Gasteiger partial charge in [-0.25, -0.2) is 9.79 Å². The average molecular weight is 584 g/mol. The van der Waals surface area contributed by atoms with Gasteiger partial charge in [0.25, 0.3) is 5.56 Å². The fourth-order valence-electron chi connectivity index (χ4n) is 4.21. The lowest BCUT2D eigenvalue weighted by Crippen LogP contribution is -2.39. The molecule has 1 aliphatic heterocycles. The molecule has 1 aromatic heterocycles. The number of nitrogens with zero attached hydrogens (tertiary/aromatic N) is 3. The predicted molar refractivity (Wildman–Crippen MR) is 149 cm³/mol. The molecule has 0 saturated heterocycles. The number of carbonyl (C=O) groups is 1. The van der Waals surface area contributed by atoms with Gasteiger partial charge in [0.05, 0.1) is 48.6 Å². The number of hydrogen-bond acceptors (Lipinski definition) is 10. The summed E-state index contributed by atoms with van der Waals surface area (Å²) < 4.78 is 29.0. The van der Waals surface area contributed by atoms with Crippen LogP contribution in [0.5, 0.6) is 23.0 Å². The summed E-state index contributed by atoms with van der Waals surface area (Å²) in [5, 5.41) is 9.06. The van der Waals surface area contributed by atoms with Crippen molar-refractivity contribution in [1.82, 2.24) is 4.57 Å². The van der Waals surface area contributed by atoms with E-state index in [0.717, 1.165) is 11.3 Å². The van der Waals surface area contributed by atoms with Gasteiger partial charge in [0.2, 0.25) is 0 Å². The Hall–Kier alpha value is -4.27. The first kappa shape index (κ1) is 28.7. The lowest BCUT2D eigenvalue weighted by atomic mass is 9.97. The molecule has 2 aromatic carbocycles. The van der Waals surface area contributed by atoms with Gasteiger partial charge < -0.3 is 23.7 Å². The Kier molecular flexibility index (Phi) is 9.14. The molecule has 40 heavy (non-hydrogen) atoms. The van der Waals surface area contributed by atoms with E-state index in [2.05, 4.69) is 4.99 Å². The van der Waals surface area contributed by atoms with Gasteiger partial charge in [0.1, 0.15) is 6.07 Å². The number of carbonyl (C=O) groups excluding carboxylic acids is 1. The minimum atomic E-state index is -0.819. The summed E-state index contributed by atoms with van der Waals surface area (Å²) in [5.41, 5.74) is 1.02. The lowest BCUT2D eigenvalue weighted by Gasteiger charge is -2.23. The molecule has 0 radical (unpaired) electrons. The number of nitriles is 1. The molecular weight excluding hydrogens is 558 g/mol. The molecule has 12 heteroatoms. The van der Waals surface area contributed by atoms with E-state index >= 15 is 0 Å². The zero-order valence-electron chi connectivity index (χ0n) is 22.2. The Balaban J connectivity index is 1.88. The zero-order chi connectivity index (χ0) is 28.8. The van der Waals surface area contributed by atoms with Crippen LogP contribution in [0, 0.1) is 11.3 Å². The summed E-state index contributed by atoms with van der Waals surface area (Å²) in [6, 6.07) is 9.60. The third-order valence-corrected chi connectivity index (χ3v) is 7.12. The monoisotopic (exact) mass is 583 g/mol. The number of esters is 1. The normalized spacial score (nSPS) is 14.3. The topological polar surface area (TPSA) is 121 Å². The quantitative estimate of drug-likeness (QED) is 0.333. The van der Waals surface area contributed by atoms with Gasteiger partial charge in [-0.05, 0) is 55.3 Å². The summed E-state index contributed by atoms with van der Waals surface area (Å²) >= 11 is 7.55. The number of methoxy groups -OCH3 is 2. The maximum Gasteiger partial charge on any atom is 0.337 e. The summed E-state index contributed by atoms with van der Waals surface area (Å²) in [7, 11) is 2.72. The van der Waals surface area contributed by atoms with E-state index in [1.165, 1.54) is 25.0 Å². The number of hydrogen-bond donors (Lipinski definition) is 0. The third kappa shape index (κ3) is 5.68. The van der Waals surface area contributed by atoms with Crippen molar-refractivity contribution < 1.29 is 28.5 Å². The van der Waals surface area contributed by atoms with Gasteiger partial charge in [0.15, 0.2) is 34.4 Å². The van der Waals surface area contributed by atoms with Gasteiger partial charge in [-0.15, -0.1) is 0 Å². The highest BCUT2D eigenvalue weighted by Gasteiger charge is 2.31. The van der Waals surface area contributed by atoms with Crippen LogP contribution in [-0.2, 0) is 9.53 Å². The van der Waals surface area contributed by atoms with Crippen molar-refractivity contribution >= 4 is 35.0 Å². The molecule has 10 nitrogen and oxygen atoms in total. The molecule has 0 spiro atoms. The molecule has 1 atom stereocenters. The Morgan fingerprint density at radius 2 is 1.88 bits per heavy atom. The van der Waals surface area contributed by atoms with Crippen LogP contribution in [-0.4, -0.2) is 44.6 Å².